The smallest absolute Gasteiger partial charge is 0.323 e. The van der Waals surface area contributed by atoms with E-state index in [0.29, 0.717) is 29.8 Å². The van der Waals surface area contributed by atoms with Gasteiger partial charge in [-0.05, 0) is 42.5 Å². The third-order valence-corrected chi connectivity index (χ3v) is 4.09. The van der Waals surface area contributed by atoms with Gasteiger partial charge < -0.3 is 24.1 Å². The van der Waals surface area contributed by atoms with Crippen molar-refractivity contribution in [3.63, 3.8) is 0 Å². The van der Waals surface area contributed by atoms with E-state index in [1.807, 2.05) is 29.2 Å². The Morgan fingerprint density at radius 1 is 0.963 bits per heavy atom. The van der Waals surface area contributed by atoms with E-state index in [9.17, 15) is 9.59 Å². The van der Waals surface area contributed by atoms with Crippen molar-refractivity contribution in [1.29, 1.82) is 0 Å². The first-order valence-electron chi connectivity index (χ1n) is 8.45. The molecular weight excluding hydrogens is 348 g/mol. The summed E-state index contributed by atoms with van der Waals surface area (Å²) in [7, 11) is 0. The van der Waals surface area contributed by atoms with Gasteiger partial charge in [-0.3, -0.25) is 9.69 Å². The molecule has 0 unspecified atom stereocenters. The minimum Gasteiger partial charge on any atom is -0.468 e. The molecule has 3 aromatic heterocycles. The Morgan fingerprint density at radius 2 is 1.63 bits per heavy atom. The highest BCUT2D eigenvalue weighted by molar-refractivity contribution is 5.94. The number of nitrogens with zero attached hydrogens (tertiary/aromatic N) is 1. The van der Waals surface area contributed by atoms with Crippen LogP contribution in [0.1, 0.15) is 11.5 Å². The van der Waals surface area contributed by atoms with Crippen LogP contribution >= 0.6 is 0 Å². The Balaban J connectivity index is 1.45. The Bertz CT molecular complexity index is 1040. The number of hydrogen-bond donors (Lipinski definition) is 3. The standard InChI is InChI=1S/C19H18N4O4/c24-18(20-13-5-6-16-17(9-13)22-19(25)21-16)12-23(10-14-3-1-7-26-14)11-15-4-2-8-27-15/h1-9H,10-12H2,(H,20,24)(H2,21,22,25). The molecule has 0 atom stereocenters. The van der Waals surface area contributed by atoms with Gasteiger partial charge in [0.15, 0.2) is 0 Å². The summed E-state index contributed by atoms with van der Waals surface area (Å²) in [5.74, 6) is 1.35. The molecular formula is C19H18N4O4. The van der Waals surface area contributed by atoms with Crippen molar-refractivity contribution in [2.24, 2.45) is 0 Å². The van der Waals surface area contributed by atoms with E-state index in [4.69, 9.17) is 8.83 Å². The number of hydrogen-bond acceptors (Lipinski definition) is 5. The van der Waals surface area contributed by atoms with Crippen molar-refractivity contribution in [3.8, 4) is 0 Å². The summed E-state index contributed by atoms with van der Waals surface area (Å²) in [5, 5.41) is 2.86. The van der Waals surface area contributed by atoms with Gasteiger partial charge in [0, 0.05) is 5.69 Å². The number of carbonyl (C=O) groups is 1. The number of anilines is 1. The first-order valence-corrected chi connectivity index (χ1v) is 8.45. The molecule has 0 saturated carbocycles. The topological polar surface area (TPSA) is 107 Å². The van der Waals surface area contributed by atoms with Gasteiger partial charge in [0.2, 0.25) is 5.91 Å². The first kappa shape index (κ1) is 16.9. The lowest BCUT2D eigenvalue weighted by Gasteiger charge is -2.19. The number of rotatable bonds is 7. The quantitative estimate of drug-likeness (QED) is 0.466. The maximum Gasteiger partial charge on any atom is 0.323 e. The predicted molar refractivity (Wildman–Crippen MR) is 99.1 cm³/mol. The highest BCUT2D eigenvalue weighted by Crippen LogP contribution is 2.15. The van der Waals surface area contributed by atoms with E-state index in [-0.39, 0.29) is 18.1 Å². The van der Waals surface area contributed by atoms with Crippen molar-refractivity contribution in [2.75, 3.05) is 11.9 Å². The lowest BCUT2D eigenvalue weighted by molar-refractivity contribution is -0.117. The molecule has 4 rings (SSSR count). The van der Waals surface area contributed by atoms with Gasteiger partial charge in [-0.25, -0.2) is 4.79 Å². The monoisotopic (exact) mass is 366 g/mol. The number of fused-ring (bicyclic) bond motifs is 1. The molecule has 0 aliphatic carbocycles. The summed E-state index contributed by atoms with van der Waals surface area (Å²) >= 11 is 0. The third-order valence-electron chi connectivity index (χ3n) is 4.09. The molecule has 0 aliphatic heterocycles. The number of aromatic nitrogens is 2. The summed E-state index contributed by atoms with van der Waals surface area (Å²) < 4.78 is 10.8. The van der Waals surface area contributed by atoms with Crippen LogP contribution in [0, 0.1) is 0 Å². The molecule has 0 fully saturated rings. The van der Waals surface area contributed by atoms with E-state index in [1.165, 1.54) is 0 Å². The van der Waals surface area contributed by atoms with Gasteiger partial charge in [-0.2, -0.15) is 0 Å². The number of H-pyrrole nitrogens is 2. The Hall–Kier alpha value is -3.52. The highest BCUT2D eigenvalue weighted by atomic mass is 16.3. The lowest BCUT2D eigenvalue weighted by atomic mass is 10.2. The summed E-state index contributed by atoms with van der Waals surface area (Å²) in [6, 6.07) is 12.6. The molecule has 0 saturated heterocycles. The zero-order valence-electron chi connectivity index (χ0n) is 14.4. The minimum absolute atomic E-state index is 0.156. The summed E-state index contributed by atoms with van der Waals surface area (Å²) in [6.45, 7) is 1.11. The number of amides is 1. The van der Waals surface area contributed by atoms with Crippen molar-refractivity contribution in [1.82, 2.24) is 14.9 Å². The predicted octanol–water partition coefficient (Wildman–Crippen LogP) is 2.68. The van der Waals surface area contributed by atoms with Crippen molar-refractivity contribution < 1.29 is 13.6 Å². The average Bonchev–Trinajstić information content (AvgIpc) is 3.36. The number of benzene rings is 1. The maximum absolute atomic E-state index is 12.5. The third kappa shape index (κ3) is 4.18. The number of imidazole rings is 1. The van der Waals surface area contributed by atoms with Crippen LogP contribution in [0.3, 0.4) is 0 Å². The average molecular weight is 366 g/mol. The molecule has 8 heteroatoms. The van der Waals surface area contributed by atoms with Crippen LogP contribution in [0.25, 0.3) is 11.0 Å². The molecule has 4 aromatic rings. The molecule has 0 bridgehead atoms. The Kier molecular flexibility index (Phi) is 4.63. The maximum atomic E-state index is 12.5. The fourth-order valence-electron chi connectivity index (χ4n) is 2.93. The fourth-order valence-corrected chi connectivity index (χ4v) is 2.93. The summed E-state index contributed by atoms with van der Waals surface area (Å²) in [6.07, 6.45) is 3.21. The Labute approximate surface area is 153 Å². The fraction of sp³-hybridized carbons (Fsp3) is 0.158. The van der Waals surface area contributed by atoms with Gasteiger partial charge in [-0.1, -0.05) is 0 Å². The van der Waals surface area contributed by atoms with E-state index in [2.05, 4.69) is 15.3 Å². The van der Waals surface area contributed by atoms with Gasteiger partial charge in [0.1, 0.15) is 11.5 Å². The second-order valence-electron chi connectivity index (χ2n) is 6.19. The van der Waals surface area contributed by atoms with E-state index in [1.54, 1.807) is 30.7 Å². The number of carbonyl (C=O) groups excluding carboxylic acids is 1. The SMILES string of the molecule is O=C(CN(Cc1ccco1)Cc1ccco1)Nc1ccc2[nH]c(=O)[nH]c2c1. The second-order valence-corrected chi connectivity index (χ2v) is 6.19. The van der Waals surface area contributed by atoms with Gasteiger partial charge >= 0.3 is 5.69 Å². The minimum atomic E-state index is -0.281. The number of furan rings is 2. The van der Waals surface area contributed by atoms with Crippen LogP contribution in [-0.4, -0.2) is 27.3 Å². The largest absolute Gasteiger partial charge is 0.468 e. The van der Waals surface area contributed by atoms with Crippen LogP contribution in [0.4, 0.5) is 5.69 Å². The van der Waals surface area contributed by atoms with Crippen LogP contribution in [0.15, 0.2) is 68.6 Å². The van der Waals surface area contributed by atoms with Crippen LogP contribution in [-0.2, 0) is 17.9 Å². The molecule has 138 valence electrons. The molecule has 1 aromatic carbocycles. The summed E-state index contributed by atoms with van der Waals surface area (Å²) in [5.41, 5.74) is 1.66. The summed E-state index contributed by atoms with van der Waals surface area (Å²) in [4.78, 5) is 31.1. The normalized spacial score (nSPS) is 11.3. The van der Waals surface area contributed by atoms with Crippen LogP contribution in [0.5, 0.6) is 0 Å². The molecule has 3 N–H and O–H groups in total. The zero-order chi connectivity index (χ0) is 18.6. The van der Waals surface area contributed by atoms with Gasteiger partial charge in [-0.15, -0.1) is 0 Å². The molecule has 3 heterocycles. The van der Waals surface area contributed by atoms with Crippen LogP contribution in [0.2, 0.25) is 0 Å². The van der Waals surface area contributed by atoms with Gasteiger partial charge in [0.05, 0.1) is 43.2 Å². The lowest BCUT2D eigenvalue weighted by Crippen LogP contribution is -2.32. The molecule has 8 nitrogen and oxygen atoms in total. The van der Waals surface area contributed by atoms with E-state index < -0.39 is 0 Å². The second kappa shape index (κ2) is 7.38. The first-order chi connectivity index (χ1) is 13.2. The molecule has 0 spiro atoms. The number of aromatic amines is 2. The molecule has 0 aliphatic rings. The zero-order valence-corrected chi connectivity index (χ0v) is 14.4. The highest BCUT2D eigenvalue weighted by Gasteiger charge is 2.15. The van der Waals surface area contributed by atoms with E-state index >= 15 is 0 Å². The van der Waals surface area contributed by atoms with Crippen molar-refractivity contribution in [3.05, 3.63) is 77.0 Å². The van der Waals surface area contributed by atoms with Crippen molar-refractivity contribution >= 4 is 22.6 Å². The van der Waals surface area contributed by atoms with E-state index in [0.717, 1.165) is 11.5 Å². The number of nitrogens with one attached hydrogen (secondary N) is 3. The van der Waals surface area contributed by atoms with Crippen molar-refractivity contribution in [2.45, 2.75) is 13.1 Å². The van der Waals surface area contributed by atoms with Crippen LogP contribution < -0.4 is 11.0 Å². The van der Waals surface area contributed by atoms with Gasteiger partial charge in [0.25, 0.3) is 0 Å². The molecule has 1 amide bonds. The Morgan fingerprint density at radius 3 is 2.26 bits per heavy atom. The molecule has 27 heavy (non-hydrogen) atoms. The molecule has 0 radical (unpaired) electrons.